The number of rotatable bonds is 6. The number of nitrogens with zero attached hydrogens (tertiary/aromatic N) is 2. The lowest BCUT2D eigenvalue weighted by atomic mass is 9.95. The molecule has 0 bridgehead atoms. The van der Waals surface area contributed by atoms with E-state index in [2.05, 4.69) is 27.2 Å². The van der Waals surface area contributed by atoms with Crippen molar-refractivity contribution in [2.45, 2.75) is 19.8 Å². The van der Waals surface area contributed by atoms with E-state index in [4.69, 9.17) is 7.85 Å². The Morgan fingerprint density at radius 2 is 1.92 bits per heavy atom. The van der Waals surface area contributed by atoms with Crippen molar-refractivity contribution in [2.24, 2.45) is 0 Å². The summed E-state index contributed by atoms with van der Waals surface area (Å²) in [4.78, 5) is 23.0. The van der Waals surface area contributed by atoms with Crippen molar-refractivity contribution in [3.8, 4) is 11.4 Å². The lowest BCUT2D eigenvalue weighted by molar-refractivity contribution is 0.965. The number of pyridine rings is 1. The molecule has 2 N–H and O–H groups in total. The Hall–Kier alpha value is -2.89. The first-order valence-electron chi connectivity index (χ1n) is 8.29. The summed E-state index contributed by atoms with van der Waals surface area (Å²) < 4.78 is 0. The van der Waals surface area contributed by atoms with Crippen LogP contribution in [0, 0.1) is 0 Å². The molecule has 0 aliphatic rings. The van der Waals surface area contributed by atoms with E-state index in [0.29, 0.717) is 12.4 Å². The molecule has 0 aliphatic heterocycles. The normalized spacial score (nSPS) is 10.6. The van der Waals surface area contributed by atoms with Gasteiger partial charge in [0.1, 0.15) is 13.7 Å². The largest absolute Gasteiger partial charge is 0.370 e. The lowest BCUT2D eigenvalue weighted by Crippen LogP contribution is -2.10. The highest BCUT2D eigenvalue weighted by Gasteiger charge is 2.06. The first-order chi connectivity index (χ1) is 12.1. The topological polar surface area (TPSA) is 70.7 Å². The third-order valence-electron chi connectivity index (χ3n) is 3.88. The molecule has 0 saturated carbocycles. The fraction of sp³-hybridized carbons (Fsp3) is 0.211. The minimum absolute atomic E-state index is 0.0896. The fourth-order valence-electron chi connectivity index (χ4n) is 2.46. The van der Waals surface area contributed by atoms with E-state index in [9.17, 15) is 4.79 Å². The first kappa shape index (κ1) is 17.0. The highest BCUT2D eigenvalue weighted by molar-refractivity contribution is 6.32. The van der Waals surface area contributed by atoms with Gasteiger partial charge < -0.3 is 10.3 Å². The molecule has 5 nitrogen and oxygen atoms in total. The molecule has 2 aromatic heterocycles. The second-order valence-corrected chi connectivity index (χ2v) is 5.78. The molecule has 0 unspecified atom stereocenters. The van der Waals surface area contributed by atoms with Crippen LogP contribution in [-0.4, -0.2) is 29.3 Å². The number of aryl methyl sites for hydroxylation is 1. The summed E-state index contributed by atoms with van der Waals surface area (Å²) in [5, 5.41) is 3.34. The van der Waals surface area contributed by atoms with Crippen molar-refractivity contribution >= 4 is 19.1 Å². The van der Waals surface area contributed by atoms with Gasteiger partial charge in [-0.15, -0.1) is 0 Å². The third-order valence-corrected chi connectivity index (χ3v) is 3.88. The van der Waals surface area contributed by atoms with Crippen LogP contribution in [0.3, 0.4) is 0 Å². The SMILES string of the molecule is [B]c1ccc(-c2nc(CC)cc(NCCc3ccc(=O)[nH]c3)n2)cc1. The van der Waals surface area contributed by atoms with Crippen LogP contribution in [-0.2, 0) is 12.8 Å². The highest BCUT2D eigenvalue weighted by atomic mass is 16.1. The average Bonchev–Trinajstić information content (AvgIpc) is 2.63. The maximum absolute atomic E-state index is 11.1. The van der Waals surface area contributed by atoms with Crippen LogP contribution in [0.15, 0.2) is 53.5 Å². The van der Waals surface area contributed by atoms with Crippen LogP contribution < -0.4 is 16.3 Å². The van der Waals surface area contributed by atoms with Gasteiger partial charge in [-0.2, -0.15) is 0 Å². The predicted octanol–water partition coefficient (Wildman–Crippen LogP) is 1.84. The lowest BCUT2D eigenvalue weighted by Gasteiger charge is -2.10. The molecule has 0 spiro atoms. The Morgan fingerprint density at radius 1 is 1.12 bits per heavy atom. The average molecular weight is 330 g/mol. The van der Waals surface area contributed by atoms with E-state index in [1.54, 1.807) is 6.20 Å². The molecule has 0 saturated heterocycles. The Labute approximate surface area is 148 Å². The molecule has 25 heavy (non-hydrogen) atoms. The zero-order valence-electron chi connectivity index (χ0n) is 14.1. The van der Waals surface area contributed by atoms with Gasteiger partial charge in [0, 0.05) is 36.1 Å². The highest BCUT2D eigenvalue weighted by Crippen LogP contribution is 2.17. The van der Waals surface area contributed by atoms with E-state index in [1.807, 2.05) is 36.4 Å². The molecule has 124 valence electrons. The molecule has 0 atom stereocenters. The maximum Gasteiger partial charge on any atom is 0.247 e. The Kier molecular flexibility index (Phi) is 5.28. The van der Waals surface area contributed by atoms with Crippen molar-refractivity contribution in [1.29, 1.82) is 0 Å². The number of benzene rings is 1. The molecular weight excluding hydrogens is 311 g/mol. The van der Waals surface area contributed by atoms with Crippen LogP contribution in [0.2, 0.25) is 0 Å². The minimum Gasteiger partial charge on any atom is -0.370 e. The summed E-state index contributed by atoms with van der Waals surface area (Å²) in [7, 11) is 5.75. The Morgan fingerprint density at radius 3 is 2.60 bits per heavy atom. The van der Waals surface area contributed by atoms with Crippen molar-refractivity contribution in [3.05, 3.63) is 70.3 Å². The van der Waals surface area contributed by atoms with Crippen molar-refractivity contribution < 1.29 is 0 Å². The Bertz CT molecular complexity index is 886. The molecule has 0 aliphatic carbocycles. The predicted molar refractivity (Wildman–Crippen MR) is 101 cm³/mol. The molecule has 1 aromatic carbocycles. The number of hydrogen-bond acceptors (Lipinski definition) is 4. The van der Waals surface area contributed by atoms with Gasteiger partial charge in [0.25, 0.3) is 0 Å². The van der Waals surface area contributed by atoms with Gasteiger partial charge in [-0.05, 0) is 18.4 Å². The van der Waals surface area contributed by atoms with Gasteiger partial charge >= 0.3 is 0 Å². The van der Waals surface area contributed by atoms with Gasteiger partial charge in [-0.1, -0.05) is 42.7 Å². The summed E-state index contributed by atoms with van der Waals surface area (Å²) >= 11 is 0. The molecule has 6 heteroatoms. The summed E-state index contributed by atoms with van der Waals surface area (Å²) in [6.07, 6.45) is 3.36. The molecule has 0 fully saturated rings. The molecule has 0 amide bonds. The van der Waals surface area contributed by atoms with Crippen LogP contribution in [0.1, 0.15) is 18.2 Å². The molecular formula is C19H19BN4O. The fourth-order valence-corrected chi connectivity index (χ4v) is 2.46. The summed E-state index contributed by atoms with van der Waals surface area (Å²) in [5.41, 5.74) is 3.61. The summed E-state index contributed by atoms with van der Waals surface area (Å²) in [5.74, 6) is 1.48. The first-order valence-corrected chi connectivity index (χ1v) is 8.29. The Balaban J connectivity index is 1.74. The number of hydrogen-bond donors (Lipinski definition) is 2. The molecule has 3 aromatic rings. The number of aromatic amines is 1. The molecule has 3 rings (SSSR count). The zero-order valence-corrected chi connectivity index (χ0v) is 14.1. The van der Waals surface area contributed by atoms with Gasteiger partial charge in [0.2, 0.25) is 5.56 Å². The van der Waals surface area contributed by atoms with Crippen LogP contribution in [0.25, 0.3) is 11.4 Å². The van der Waals surface area contributed by atoms with Crippen LogP contribution in [0.4, 0.5) is 5.82 Å². The van der Waals surface area contributed by atoms with Crippen molar-refractivity contribution in [2.75, 3.05) is 11.9 Å². The number of anilines is 1. The number of H-pyrrole nitrogens is 1. The van der Waals surface area contributed by atoms with E-state index >= 15 is 0 Å². The second kappa shape index (κ2) is 7.79. The van der Waals surface area contributed by atoms with Crippen molar-refractivity contribution in [1.82, 2.24) is 15.0 Å². The third kappa shape index (κ3) is 4.56. The molecule has 2 heterocycles. The van der Waals surface area contributed by atoms with Gasteiger partial charge in [0.05, 0.1) is 0 Å². The van der Waals surface area contributed by atoms with E-state index in [1.165, 1.54) is 6.07 Å². The quantitative estimate of drug-likeness (QED) is 0.677. The minimum atomic E-state index is -0.0896. The van der Waals surface area contributed by atoms with Crippen LogP contribution >= 0.6 is 0 Å². The van der Waals surface area contributed by atoms with Gasteiger partial charge in [-0.25, -0.2) is 9.97 Å². The van der Waals surface area contributed by atoms with Crippen molar-refractivity contribution in [3.63, 3.8) is 0 Å². The maximum atomic E-state index is 11.1. The standard InChI is InChI=1S/C19H19BN4O/c1-2-16-11-17(21-10-9-13-3-8-18(25)22-12-13)24-19(23-16)14-4-6-15(20)7-5-14/h3-8,11-12H,2,9-10H2,1H3,(H,22,25)(H,21,23,24). The summed E-state index contributed by atoms with van der Waals surface area (Å²) in [6.45, 7) is 2.78. The van der Waals surface area contributed by atoms with E-state index < -0.39 is 0 Å². The molecule has 2 radical (unpaired) electrons. The summed E-state index contributed by atoms with van der Waals surface area (Å²) in [6, 6.07) is 12.9. The van der Waals surface area contributed by atoms with Crippen LogP contribution in [0.5, 0.6) is 0 Å². The smallest absolute Gasteiger partial charge is 0.247 e. The number of aromatic nitrogens is 3. The monoisotopic (exact) mass is 330 g/mol. The van der Waals surface area contributed by atoms with Gasteiger partial charge in [-0.3, -0.25) is 4.79 Å². The second-order valence-electron chi connectivity index (χ2n) is 5.78. The van der Waals surface area contributed by atoms with E-state index in [-0.39, 0.29) is 5.56 Å². The van der Waals surface area contributed by atoms with E-state index in [0.717, 1.165) is 40.9 Å². The van der Waals surface area contributed by atoms with Gasteiger partial charge in [0.15, 0.2) is 5.82 Å². The zero-order chi connectivity index (χ0) is 17.6. The number of nitrogens with one attached hydrogen (secondary N) is 2.